The summed E-state index contributed by atoms with van der Waals surface area (Å²) in [5.74, 6) is -0.0874. The van der Waals surface area contributed by atoms with Crippen LogP contribution in [-0.4, -0.2) is 35.1 Å². The second-order valence-corrected chi connectivity index (χ2v) is 3.51. The topological polar surface area (TPSA) is 46.1 Å². The number of rotatable bonds is 1. The molecule has 1 aromatic rings. The molecule has 60 valence electrons. The summed E-state index contributed by atoms with van der Waals surface area (Å²) in [6.07, 6.45) is 0. The minimum atomic E-state index is -0.0874. The molecule has 1 heterocycles. The predicted molar refractivity (Wildman–Crippen MR) is 42.7 cm³/mol. The molecule has 0 atom stereocenters. The zero-order chi connectivity index (χ0) is 8.43. The lowest BCUT2D eigenvalue weighted by atomic mass is 10.6. The maximum absolute atomic E-state index is 11.2. The van der Waals surface area contributed by atoms with E-state index in [9.17, 15) is 4.79 Å². The lowest BCUT2D eigenvalue weighted by Gasteiger charge is -2.05. The van der Waals surface area contributed by atoms with Crippen molar-refractivity contribution in [2.75, 3.05) is 14.1 Å². The quantitative estimate of drug-likeness (QED) is 0.620. The van der Waals surface area contributed by atoms with Gasteiger partial charge in [-0.05, 0) is 6.92 Å². The highest BCUT2D eigenvalue weighted by atomic mass is 32.1. The molecule has 0 fully saturated rings. The molecule has 0 saturated heterocycles. The third-order valence-corrected chi connectivity index (χ3v) is 1.94. The molecule has 0 aliphatic heterocycles. The number of carbonyl (C=O) groups is 1. The number of carbonyl (C=O) groups excluding carboxylic acids is 1. The minimum absolute atomic E-state index is 0.0874. The van der Waals surface area contributed by atoms with E-state index in [1.807, 2.05) is 6.92 Å². The van der Waals surface area contributed by atoms with Gasteiger partial charge in [0.15, 0.2) is 0 Å². The van der Waals surface area contributed by atoms with E-state index in [1.54, 1.807) is 14.1 Å². The Balaban J connectivity index is 2.85. The highest BCUT2D eigenvalue weighted by molar-refractivity contribution is 7.13. The van der Waals surface area contributed by atoms with Crippen molar-refractivity contribution in [3.63, 3.8) is 0 Å². The highest BCUT2D eigenvalue weighted by Crippen LogP contribution is 2.08. The second kappa shape index (κ2) is 2.96. The van der Waals surface area contributed by atoms with Crippen LogP contribution in [0.2, 0.25) is 0 Å². The maximum atomic E-state index is 11.2. The van der Waals surface area contributed by atoms with Gasteiger partial charge in [0.2, 0.25) is 5.01 Å². The Labute approximate surface area is 68.9 Å². The molecule has 0 unspecified atom stereocenters. The Morgan fingerprint density at radius 1 is 1.45 bits per heavy atom. The van der Waals surface area contributed by atoms with Crippen LogP contribution in [0.1, 0.15) is 14.8 Å². The molecule has 1 rings (SSSR count). The van der Waals surface area contributed by atoms with Crippen molar-refractivity contribution in [3.8, 4) is 0 Å². The van der Waals surface area contributed by atoms with Gasteiger partial charge in [0.25, 0.3) is 5.91 Å². The summed E-state index contributed by atoms with van der Waals surface area (Å²) in [4.78, 5) is 12.7. The number of aryl methyl sites for hydroxylation is 1. The molecule has 4 nitrogen and oxygen atoms in total. The average molecular weight is 171 g/mol. The van der Waals surface area contributed by atoms with Crippen molar-refractivity contribution in [3.05, 3.63) is 10.0 Å². The molecule has 1 amide bonds. The van der Waals surface area contributed by atoms with Crippen LogP contribution < -0.4 is 0 Å². The molecule has 0 saturated carbocycles. The standard InChI is InChI=1S/C6H9N3OS/c1-4-7-8-5(11-4)6(10)9(2)3/h1-3H3. The fourth-order valence-electron chi connectivity index (χ4n) is 0.574. The minimum Gasteiger partial charge on any atom is -0.343 e. The first-order valence-electron chi connectivity index (χ1n) is 3.13. The van der Waals surface area contributed by atoms with E-state index in [-0.39, 0.29) is 5.91 Å². The van der Waals surface area contributed by atoms with E-state index >= 15 is 0 Å². The molecule has 0 bridgehead atoms. The van der Waals surface area contributed by atoms with Crippen molar-refractivity contribution in [2.24, 2.45) is 0 Å². The van der Waals surface area contributed by atoms with Crippen LogP contribution in [0.4, 0.5) is 0 Å². The lowest BCUT2D eigenvalue weighted by Crippen LogP contribution is -2.21. The summed E-state index contributed by atoms with van der Waals surface area (Å²) in [7, 11) is 3.39. The zero-order valence-electron chi connectivity index (χ0n) is 6.66. The summed E-state index contributed by atoms with van der Waals surface area (Å²) < 4.78 is 0. The molecule has 1 aromatic heterocycles. The van der Waals surface area contributed by atoms with Gasteiger partial charge in [-0.2, -0.15) is 0 Å². The first-order valence-corrected chi connectivity index (χ1v) is 3.94. The molecule has 5 heteroatoms. The Kier molecular flexibility index (Phi) is 2.19. The van der Waals surface area contributed by atoms with Crippen LogP contribution in [0.3, 0.4) is 0 Å². The van der Waals surface area contributed by atoms with Crippen LogP contribution in [0.15, 0.2) is 0 Å². The largest absolute Gasteiger partial charge is 0.343 e. The van der Waals surface area contributed by atoms with Crippen molar-refractivity contribution in [2.45, 2.75) is 6.92 Å². The fourth-order valence-corrected chi connectivity index (χ4v) is 1.29. The second-order valence-electron chi connectivity index (χ2n) is 2.33. The third-order valence-electron chi connectivity index (χ3n) is 1.12. The molecular weight excluding hydrogens is 162 g/mol. The van der Waals surface area contributed by atoms with Gasteiger partial charge in [-0.15, -0.1) is 10.2 Å². The summed E-state index contributed by atoms with van der Waals surface area (Å²) in [5, 5.41) is 8.72. The predicted octanol–water partition coefficient (Wildman–Crippen LogP) is 0.548. The molecule has 0 aliphatic carbocycles. The Bertz CT molecular complexity index is 269. The van der Waals surface area contributed by atoms with Crippen LogP contribution in [0.25, 0.3) is 0 Å². The SMILES string of the molecule is Cc1nnc(C(=O)N(C)C)s1. The van der Waals surface area contributed by atoms with E-state index in [0.717, 1.165) is 5.01 Å². The van der Waals surface area contributed by atoms with Gasteiger partial charge < -0.3 is 4.90 Å². The molecule has 11 heavy (non-hydrogen) atoms. The number of hydrogen-bond donors (Lipinski definition) is 0. The monoisotopic (exact) mass is 171 g/mol. The van der Waals surface area contributed by atoms with Gasteiger partial charge in [0.05, 0.1) is 0 Å². The lowest BCUT2D eigenvalue weighted by molar-refractivity contribution is 0.0826. The van der Waals surface area contributed by atoms with E-state index < -0.39 is 0 Å². The van der Waals surface area contributed by atoms with Crippen molar-refractivity contribution < 1.29 is 4.79 Å². The number of nitrogens with zero attached hydrogens (tertiary/aromatic N) is 3. The van der Waals surface area contributed by atoms with Crippen molar-refractivity contribution in [1.29, 1.82) is 0 Å². The van der Waals surface area contributed by atoms with E-state index in [4.69, 9.17) is 0 Å². The normalized spacial score (nSPS) is 9.73. The van der Waals surface area contributed by atoms with Gasteiger partial charge in [-0.3, -0.25) is 4.79 Å². The van der Waals surface area contributed by atoms with Gasteiger partial charge >= 0.3 is 0 Å². The molecule has 0 aromatic carbocycles. The first-order chi connectivity index (χ1) is 5.11. The molecule has 0 radical (unpaired) electrons. The van der Waals surface area contributed by atoms with E-state index in [0.29, 0.717) is 5.01 Å². The zero-order valence-corrected chi connectivity index (χ0v) is 7.47. The maximum Gasteiger partial charge on any atom is 0.284 e. The summed E-state index contributed by atoms with van der Waals surface area (Å²) in [5.41, 5.74) is 0. The average Bonchev–Trinajstić information content (AvgIpc) is 2.34. The fraction of sp³-hybridized carbons (Fsp3) is 0.500. The molecular formula is C6H9N3OS. The van der Waals surface area contributed by atoms with Gasteiger partial charge in [-0.1, -0.05) is 11.3 Å². The summed E-state index contributed by atoms with van der Waals surface area (Å²) >= 11 is 1.31. The third kappa shape index (κ3) is 1.74. The van der Waals surface area contributed by atoms with Crippen molar-refractivity contribution >= 4 is 17.2 Å². The van der Waals surface area contributed by atoms with Gasteiger partial charge in [-0.25, -0.2) is 0 Å². The van der Waals surface area contributed by atoms with E-state index in [1.165, 1.54) is 16.2 Å². The Morgan fingerprint density at radius 3 is 2.45 bits per heavy atom. The van der Waals surface area contributed by atoms with Crippen LogP contribution in [-0.2, 0) is 0 Å². The number of aromatic nitrogens is 2. The summed E-state index contributed by atoms with van der Waals surface area (Å²) in [6.45, 7) is 1.82. The van der Waals surface area contributed by atoms with Crippen LogP contribution in [0, 0.1) is 6.92 Å². The number of hydrogen-bond acceptors (Lipinski definition) is 4. The van der Waals surface area contributed by atoms with Crippen molar-refractivity contribution in [1.82, 2.24) is 15.1 Å². The Morgan fingerprint density at radius 2 is 2.09 bits per heavy atom. The highest BCUT2D eigenvalue weighted by Gasteiger charge is 2.12. The molecule has 0 aliphatic rings. The van der Waals surface area contributed by atoms with Gasteiger partial charge in [0, 0.05) is 14.1 Å². The Hall–Kier alpha value is -0.970. The first kappa shape index (κ1) is 8.13. The van der Waals surface area contributed by atoms with E-state index in [2.05, 4.69) is 10.2 Å². The van der Waals surface area contributed by atoms with Gasteiger partial charge in [0.1, 0.15) is 5.01 Å². The molecule has 0 N–H and O–H groups in total. The molecule has 0 spiro atoms. The smallest absolute Gasteiger partial charge is 0.284 e. The number of amides is 1. The van der Waals surface area contributed by atoms with Crippen LogP contribution in [0.5, 0.6) is 0 Å². The summed E-state index contributed by atoms with van der Waals surface area (Å²) in [6, 6.07) is 0. The van der Waals surface area contributed by atoms with Crippen LogP contribution >= 0.6 is 11.3 Å².